The molecule has 3 nitrogen and oxygen atoms in total. The van der Waals surface area contributed by atoms with Gasteiger partial charge in [-0.1, -0.05) is 43.7 Å². The summed E-state index contributed by atoms with van der Waals surface area (Å²) in [7, 11) is 1.65. The van der Waals surface area contributed by atoms with Crippen molar-refractivity contribution in [2.75, 3.05) is 7.05 Å². The molecular formula is C15H27NO2. The number of nitrogens with one attached hydrogen (secondary N) is 1. The zero-order valence-electron chi connectivity index (χ0n) is 12.5. The van der Waals surface area contributed by atoms with Gasteiger partial charge in [0.2, 0.25) is 0 Å². The first-order chi connectivity index (χ1) is 8.38. The number of carbonyl (C=O) groups is 1. The third kappa shape index (κ3) is 8.76. The van der Waals surface area contributed by atoms with E-state index in [0.717, 1.165) is 11.1 Å². The van der Waals surface area contributed by atoms with E-state index in [9.17, 15) is 4.79 Å². The Morgan fingerprint density at radius 1 is 1.28 bits per heavy atom. The van der Waals surface area contributed by atoms with Gasteiger partial charge in [-0.05, 0) is 39.8 Å². The third-order valence-corrected chi connectivity index (χ3v) is 2.24. The Labute approximate surface area is 111 Å². The normalized spacial score (nSPS) is 12.0. The molecule has 0 aliphatic heterocycles. The quantitative estimate of drug-likeness (QED) is 0.712. The summed E-state index contributed by atoms with van der Waals surface area (Å²) in [5.74, 6) is -0.841. The minimum atomic E-state index is -0.841. The highest BCUT2D eigenvalue weighted by Gasteiger charge is 2.16. The maximum Gasteiger partial charge on any atom is 0.321 e. The highest BCUT2D eigenvalue weighted by Crippen LogP contribution is 2.15. The van der Waals surface area contributed by atoms with Crippen LogP contribution in [0.2, 0.25) is 0 Å². The van der Waals surface area contributed by atoms with Crippen LogP contribution in [0.5, 0.6) is 0 Å². The van der Waals surface area contributed by atoms with Crippen molar-refractivity contribution in [1.29, 1.82) is 0 Å². The predicted octanol–water partition coefficient (Wildman–Crippen LogP) is 3.54. The molecule has 2 N–H and O–H groups in total. The second-order valence-corrected chi connectivity index (χ2v) is 4.10. The summed E-state index contributed by atoms with van der Waals surface area (Å²) in [4.78, 5) is 10.9. The van der Waals surface area contributed by atoms with Crippen LogP contribution in [0.15, 0.2) is 35.5 Å². The van der Waals surface area contributed by atoms with E-state index >= 15 is 0 Å². The van der Waals surface area contributed by atoms with Crippen LogP contribution in [-0.2, 0) is 4.79 Å². The molecule has 0 fully saturated rings. The summed E-state index contributed by atoms with van der Waals surface area (Å²) in [5, 5.41) is 11.7. The minimum absolute atomic E-state index is 0.449. The van der Waals surface area contributed by atoms with Gasteiger partial charge in [-0.25, -0.2) is 0 Å². The molecule has 0 aliphatic carbocycles. The lowest BCUT2D eigenvalue weighted by Crippen LogP contribution is -2.34. The van der Waals surface area contributed by atoms with Crippen molar-refractivity contribution in [3.63, 3.8) is 0 Å². The van der Waals surface area contributed by atoms with Gasteiger partial charge in [0, 0.05) is 0 Å². The molecule has 0 aromatic carbocycles. The van der Waals surface area contributed by atoms with E-state index in [1.807, 2.05) is 46.8 Å². The molecule has 18 heavy (non-hydrogen) atoms. The number of hydrogen-bond acceptors (Lipinski definition) is 2. The maximum atomic E-state index is 10.9. The minimum Gasteiger partial charge on any atom is -0.480 e. The topological polar surface area (TPSA) is 49.3 Å². The fourth-order valence-corrected chi connectivity index (χ4v) is 1.18. The van der Waals surface area contributed by atoms with Gasteiger partial charge in [-0.3, -0.25) is 4.79 Å². The van der Waals surface area contributed by atoms with Crippen LogP contribution in [0.4, 0.5) is 0 Å². The SMILES string of the molecule is C=C(C)/C(=C\C=C(C)C)CC(NC)C(=O)O.CC. The molecule has 0 saturated heterocycles. The zero-order valence-corrected chi connectivity index (χ0v) is 12.5. The lowest BCUT2D eigenvalue weighted by Gasteiger charge is -2.13. The van der Waals surface area contributed by atoms with E-state index in [4.69, 9.17) is 5.11 Å². The molecule has 0 rings (SSSR count). The predicted molar refractivity (Wildman–Crippen MR) is 78.8 cm³/mol. The molecule has 0 aliphatic rings. The first-order valence-electron chi connectivity index (χ1n) is 6.28. The van der Waals surface area contributed by atoms with Crippen molar-refractivity contribution in [1.82, 2.24) is 5.32 Å². The van der Waals surface area contributed by atoms with Crippen molar-refractivity contribution in [3.8, 4) is 0 Å². The summed E-state index contributed by atoms with van der Waals surface area (Å²) >= 11 is 0. The summed E-state index contributed by atoms with van der Waals surface area (Å²) in [6, 6.07) is -0.562. The second-order valence-electron chi connectivity index (χ2n) is 4.10. The third-order valence-electron chi connectivity index (χ3n) is 2.24. The highest BCUT2D eigenvalue weighted by molar-refractivity contribution is 5.74. The van der Waals surface area contributed by atoms with E-state index in [1.165, 1.54) is 5.57 Å². The number of aliphatic carboxylic acids is 1. The average Bonchev–Trinajstić information content (AvgIpc) is 2.30. The Kier molecular flexibility index (Phi) is 11.4. The fraction of sp³-hybridized carbons (Fsp3) is 0.533. The Hall–Kier alpha value is -1.35. The maximum absolute atomic E-state index is 10.9. The van der Waals surface area contributed by atoms with Crippen molar-refractivity contribution in [2.24, 2.45) is 0 Å². The first kappa shape index (κ1) is 19.0. The van der Waals surface area contributed by atoms with Crippen LogP contribution in [0.1, 0.15) is 41.0 Å². The van der Waals surface area contributed by atoms with Gasteiger partial charge in [0.05, 0.1) is 0 Å². The molecule has 3 heteroatoms. The zero-order chi connectivity index (χ0) is 14.7. The van der Waals surface area contributed by atoms with Crippen LogP contribution < -0.4 is 5.32 Å². The largest absolute Gasteiger partial charge is 0.480 e. The van der Waals surface area contributed by atoms with Crippen LogP contribution in [0.3, 0.4) is 0 Å². The smallest absolute Gasteiger partial charge is 0.321 e. The Morgan fingerprint density at radius 3 is 2.06 bits per heavy atom. The fourth-order valence-electron chi connectivity index (χ4n) is 1.18. The summed E-state index contributed by atoms with van der Waals surface area (Å²) in [6.45, 7) is 13.7. The second kappa shape index (κ2) is 10.8. The van der Waals surface area contributed by atoms with Gasteiger partial charge >= 0.3 is 5.97 Å². The summed E-state index contributed by atoms with van der Waals surface area (Å²) in [5.41, 5.74) is 3.04. The number of carboxylic acids is 1. The molecule has 0 spiro atoms. The first-order valence-corrected chi connectivity index (χ1v) is 6.28. The number of likely N-dealkylation sites (N-methyl/N-ethyl adjacent to an activating group) is 1. The van der Waals surface area contributed by atoms with Gasteiger partial charge in [0.1, 0.15) is 6.04 Å². The van der Waals surface area contributed by atoms with Crippen LogP contribution in [0, 0.1) is 0 Å². The standard InChI is InChI=1S/C13H21NO2.C2H6/c1-9(2)6-7-11(10(3)4)8-12(14-5)13(15)16;1-2/h6-7,12,14H,3,8H2,1-2,4-5H3,(H,15,16);1-2H3/b11-7-;. The highest BCUT2D eigenvalue weighted by atomic mass is 16.4. The molecule has 0 radical (unpaired) electrons. The molecule has 0 heterocycles. The van der Waals surface area contributed by atoms with Gasteiger partial charge in [-0.2, -0.15) is 0 Å². The number of carboxylic acid groups (broad SMARTS) is 1. The molecule has 1 unspecified atom stereocenters. The number of hydrogen-bond donors (Lipinski definition) is 2. The van der Waals surface area contributed by atoms with Crippen molar-refractivity contribution in [3.05, 3.63) is 35.5 Å². The number of allylic oxidation sites excluding steroid dienone is 4. The molecule has 0 aromatic rings. The van der Waals surface area contributed by atoms with E-state index in [1.54, 1.807) is 7.05 Å². The Bertz CT molecular complexity index is 323. The monoisotopic (exact) mass is 253 g/mol. The average molecular weight is 253 g/mol. The van der Waals surface area contributed by atoms with Crippen molar-refractivity contribution in [2.45, 2.75) is 47.1 Å². The molecule has 0 amide bonds. The van der Waals surface area contributed by atoms with E-state index in [-0.39, 0.29) is 0 Å². The van der Waals surface area contributed by atoms with E-state index in [2.05, 4.69) is 11.9 Å². The molecular weight excluding hydrogens is 226 g/mol. The summed E-state index contributed by atoms with van der Waals surface area (Å²) < 4.78 is 0. The van der Waals surface area contributed by atoms with Gasteiger partial charge in [0.15, 0.2) is 0 Å². The van der Waals surface area contributed by atoms with Crippen LogP contribution in [-0.4, -0.2) is 24.2 Å². The van der Waals surface area contributed by atoms with Gasteiger partial charge < -0.3 is 10.4 Å². The van der Waals surface area contributed by atoms with E-state index in [0.29, 0.717) is 6.42 Å². The molecule has 0 aromatic heterocycles. The van der Waals surface area contributed by atoms with Crippen LogP contribution in [0.25, 0.3) is 0 Å². The molecule has 104 valence electrons. The lowest BCUT2D eigenvalue weighted by molar-refractivity contribution is -0.139. The van der Waals surface area contributed by atoms with Gasteiger partial charge in [0.25, 0.3) is 0 Å². The number of rotatable bonds is 6. The Balaban J connectivity index is 0. The molecule has 0 saturated carbocycles. The van der Waals surface area contributed by atoms with Crippen LogP contribution >= 0.6 is 0 Å². The van der Waals surface area contributed by atoms with E-state index < -0.39 is 12.0 Å². The Morgan fingerprint density at radius 2 is 1.78 bits per heavy atom. The molecule has 0 bridgehead atoms. The van der Waals surface area contributed by atoms with Crippen molar-refractivity contribution < 1.29 is 9.90 Å². The van der Waals surface area contributed by atoms with Gasteiger partial charge in [-0.15, -0.1) is 0 Å². The summed E-state index contributed by atoms with van der Waals surface area (Å²) in [6.07, 6.45) is 4.36. The lowest BCUT2D eigenvalue weighted by atomic mass is 10.00. The molecule has 1 atom stereocenters. The van der Waals surface area contributed by atoms with Crippen molar-refractivity contribution >= 4 is 5.97 Å².